The number of nitrogens with zero attached hydrogens (tertiary/aromatic N) is 1. The quantitative estimate of drug-likeness (QED) is 0.683. The van der Waals surface area contributed by atoms with Gasteiger partial charge in [0.2, 0.25) is 0 Å². The molecule has 5 nitrogen and oxygen atoms in total. The normalized spacial score (nSPS) is 16.5. The van der Waals surface area contributed by atoms with E-state index in [0.717, 1.165) is 0 Å². The van der Waals surface area contributed by atoms with Gasteiger partial charge in [-0.1, -0.05) is 16.8 Å². The van der Waals surface area contributed by atoms with Crippen LogP contribution < -0.4 is 4.74 Å². The fourth-order valence-electron chi connectivity index (χ4n) is 1.63. The summed E-state index contributed by atoms with van der Waals surface area (Å²) < 4.78 is 5.27. The molecule has 0 fully saturated rings. The maximum absolute atomic E-state index is 11.4. The summed E-state index contributed by atoms with van der Waals surface area (Å²) in [6.45, 7) is 3.86. The van der Waals surface area contributed by atoms with Crippen LogP contribution in [0.5, 0.6) is 11.5 Å². The van der Waals surface area contributed by atoms with Crippen LogP contribution in [0.4, 0.5) is 0 Å². The molecule has 0 saturated carbocycles. The molecule has 0 spiro atoms. The number of phenols is 1. The van der Waals surface area contributed by atoms with Gasteiger partial charge in [0.1, 0.15) is 0 Å². The van der Waals surface area contributed by atoms with Gasteiger partial charge >= 0.3 is 5.97 Å². The van der Waals surface area contributed by atoms with Crippen LogP contribution in [0.2, 0.25) is 5.02 Å². The van der Waals surface area contributed by atoms with E-state index in [4.69, 9.17) is 16.3 Å². The van der Waals surface area contributed by atoms with Gasteiger partial charge in [-0.2, -0.15) is 0 Å². The smallest absolute Gasteiger partial charge is 0.367 e. The number of oxime groups is 1. The van der Waals surface area contributed by atoms with Gasteiger partial charge in [0, 0.05) is 0 Å². The first kappa shape index (κ1) is 13.4. The Balaban J connectivity index is 2.44. The molecule has 1 heterocycles. The van der Waals surface area contributed by atoms with Gasteiger partial charge in [-0.3, -0.25) is 0 Å². The zero-order valence-electron chi connectivity index (χ0n) is 10.4. The minimum Gasteiger partial charge on any atom is -0.503 e. The molecular formula is C13H12ClNO4. The third-order valence-corrected chi connectivity index (χ3v) is 2.82. The number of carbonyl (C=O) groups is 1. The van der Waals surface area contributed by atoms with Crippen molar-refractivity contribution in [1.29, 1.82) is 0 Å². The zero-order valence-corrected chi connectivity index (χ0v) is 11.2. The molecule has 6 heteroatoms. The number of carbonyl (C=O) groups excluding carboxylic acids is 1. The van der Waals surface area contributed by atoms with Crippen LogP contribution in [-0.2, 0) is 9.63 Å². The van der Waals surface area contributed by atoms with Crippen molar-refractivity contribution >= 4 is 29.4 Å². The molecule has 1 aliphatic heterocycles. The largest absolute Gasteiger partial charge is 0.503 e. The van der Waals surface area contributed by atoms with Gasteiger partial charge in [0.25, 0.3) is 0 Å². The second-order valence-corrected chi connectivity index (χ2v) is 4.30. The van der Waals surface area contributed by atoms with Gasteiger partial charge in [-0.15, -0.1) is 0 Å². The lowest BCUT2D eigenvalue weighted by molar-refractivity contribution is -0.136. The summed E-state index contributed by atoms with van der Waals surface area (Å²) in [4.78, 5) is 16.0. The maximum atomic E-state index is 11.4. The third kappa shape index (κ3) is 2.71. The van der Waals surface area contributed by atoms with E-state index in [0.29, 0.717) is 23.5 Å². The van der Waals surface area contributed by atoms with Crippen molar-refractivity contribution in [3.63, 3.8) is 0 Å². The molecule has 1 aromatic carbocycles. The van der Waals surface area contributed by atoms with Crippen molar-refractivity contribution in [2.24, 2.45) is 5.16 Å². The van der Waals surface area contributed by atoms with Crippen LogP contribution >= 0.6 is 11.6 Å². The number of aromatic hydroxyl groups is 1. The molecule has 0 bridgehead atoms. The molecule has 2 rings (SSSR count). The molecule has 0 atom stereocenters. The fourth-order valence-corrected chi connectivity index (χ4v) is 1.85. The maximum Gasteiger partial charge on any atom is 0.367 e. The summed E-state index contributed by atoms with van der Waals surface area (Å²) in [6, 6.07) is 3.13. The SMILES string of the molecule is CCOc1cc(/C=C2/C(=O)ON=C2C)cc(Cl)c1O. The average Bonchev–Trinajstić information content (AvgIpc) is 2.67. The summed E-state index contributed by atoms with van der Waals surface area (Å²) >= 11 is 5.91. The lowest BCUT2D eigenvalue weighted by Crippen LogP contribution is -2.01. The lowest BCUT2D eigenvalue weighted by Gasteiger charge is -2.08. The lowest BCUT2D eigenvalue weighted by atomic mass is 10.1. The highest BCUT2D eigenvalue weighted by Gasteiger charge is 2.22. The van der Waals surface area contributed by atoms with Crippen molar-refractivity contribution in [3.05, 3.63) is 28.3 Å². The van der Waals surface area contributed by atoms with Gasteiger partial charge in [-0.05, 0) is 37.6 Å². The topological polar surface area (TPSA) is 68.1 Å². The molecule has 0 aliphatic carbocycles. The Kier molecular flexibility index (Phi) is 3.76. The monoisotopic (exact) mass is 281 g/mol. The standard InChI is InChI=1S/C13H12ClNO4/c1-3-18-11-6-8(5-10(14)12(11)16)4-9-7(2)15-19-13(9)17/h4-6,16H,3H2,1-2H3/b9-4+. The van der Waals surface area contributed by atoms with E-state index in [1.54, 1.807) is 26.0 Å². The Labute approximate surface area is 115 Å². The minimum atomic E-state index is -0.514. The number of ether oxygens (including phenoxy) is 1. The molecule has 1 N–H and O–H groups in total. The molecule has 0 aromatic heterocycles. The Morgan fingerprint density at radius 2 is 2.26 bits per heavy atom. The predicted molar refractivity (Wildman–Crippen MR) is 71.5 cm³/mol. The van der Waals surface area contributed by atoms with E-state index in [-0.39, 0.29) is 16.5 Å². The van der Waals surface area contributed by atoms with E-state index in [2.05, 4.69) is 9.99 Å². The van der Waals surface area contributed by atoms with E-state index in [1.165, 1.54) is 6.07 Å². The van der Waals surface area contributed by atoms with Crippen LogP contribution in [0.15, 0.2) is 22.9 Å². The van der Waals surface area contributed by atoms with Gasteiger partial charge in [0.05, 0.1) is 22.9 Å². The van der Waals surface area contributed by atoms with Crippen molar-refractivity contribution in [1.82, 2.24) is 0 Å². The van der Waals surface area contributed by atoms with Crippen LogP contribution in [0.25, 0.3) is 6.08 Å². The fraction of sp³-hybridized carbons (Fsp3) is 0.231. The average molecular weight is 282 g/mol. The second-order valence-electron chi connectivity index (χ2n) is 3.90. The van der Waals surface area contributed by atoms with Crippen LogP contribution in [0.1, 0.15) is 19.4 Å². The van der Waals surface area contributed by atoms with Crippen molar-refractivity contribution in [2.45, 2.75) is 13.8 Å². The molecule has 19 heavy (non-hydrogen) atoms. The highest BCUT2D eigenvalue weighted by Crippen LogP contribution is 2.36. The van der Waals surface area contributed by atoms with Crippen molar-refractivity contribution in [2.75, 3.05) is 6.61 Å². The van der Waals surface area contributed by atoms with E-state index >= 15 is 0 Å². The summed E-state index contributed by atoms with van der Waals surface area (Å²) in [5.41, 5.74) is 1.46. The van der Waals surface area contributed by atoms with Gasteiger partial charge < -0.3 is 14.7 Å². The molecule has 1 aromatic rings. The first-order valence-electron chi connectivity index (χ1n) is 5.66. The molecule has 0 unspecified atom stereocenters. The number of phenolic OH excluding ortho intramolecular Hbond substituents is 1. The van der Waals surface area contributed by atoms with Crippen molar-refractivity contribution in [3.8, 4) is 11.5 Å². The second kappa shape index (κ2) is 5.32. The summed E-state index contributed by atoms with van der Waals surface area (Å²) in [5.74, 6) is -0.368. The van der Waals surface area contributed by atoms with Crippen molar-refractivity contribution < 1.29 is 19.5 Å². The van der Waals surface area contributed by atoms with Gasteiger partial charge in [0.15, 0.2) is 11.5 Å². The summed E-state index contributed by atoms with van der Waals surface area (Å²) in [6.07, 6.45) is 1.59. The van der Waals surface area contributed by atoms with Crippen LogP contribution in [0.3, 0.4) is 0 Å². The number of hydrogen-bond donors (Lipinski definition) is 1. The molecule has 100 valence electrons. The van der Waals surface area contributed by atoms with Gasteiger partial charge in [-0.25, -0.2) is 4.79 Å². The number of rotatable bonds is 3. The Morgan fingerprint density at radius 3 is 2.84 bits per heavy atom. The van der Waals surface area contributed by atoms with Crippen LogP contribution in [-0.4, -0.2) is 23.4 Å². The number of halogens is 1. The van der Waals surface area contributed by atoms with E-state index < -0.39 is 5.97 Å². The molecule has 1 aliphatic rings. The Bertz CT molecular complexity index is 593. The first-order valence-corrected chi connectivity index (χ1v) is 6.04. The molecule has 0 amide bonds. The number of benzene rings is 1. The third-order valence-electron chi connectivity index (χ3n) is 2.54. The molecule has 0 radical (unpaired) electrons. The Hall–Kier alpha value is -2.01. The highest BCUT2D eigenvalue weighted by molar-refractivity contribution is 6.32. The predicted octanol–water partition coefficient (Wildman–Crippen LogP) is 2.76. The highest BCUT2D eigenvalue weighted by atomic mass is 35.5. The minimum absolute atomic E-state index is 0.120. The summed E-state index contributed by atoms with van der Waals surface area (Å²) in [5, 5.41) is 13.5. The molecular weight excluding hydrogens is 270 g/mol. The van der Waals surface area contributed by atoms with E-state index in [9.17, 15) is 9.90 Å². The Morgan fingerprint density at radius 1 is 1.53 bits per heavy atom. The zero-order chi connectivity index (χ0) is 14.0. The van der Waals surface area contributed by atoms with Crippen LogP contribution in [0, 0.1) is 0 Å². The summed E-state index contributed by atoms with van der Waals surface area (Å²) in [7, 11) is 0. The van der Waals surface area contributed by atoms with E-state index in [1.807, 2.05) is 0 Å². The number of hydrogen-bond acceptors (Lipinski definition) is 5. The first-order chi connectivity index (χ1) is 9.02. The molecule has 0 saturated heterocycles.